The Kier molecular flexibility index (Phi) is 8.40. The summed E-state index contributed by atoms with van der Waals surface area (Å²) in [6.07, 6.45) is -35.4. The van der Waals surface area contributed by atoms with Crippen LogP contribution in [-0.4, -0.2) is 55.0 Å². The molecule has 0 amide bonds. The highest BCUT2D eigenvalue weighted by Crippen LogP contribution is 2.55. The number of esters is 1. The fourth-order valence-electron chi connectivity index (χ4n) is 1.41. The molecule has 0 saturated heterocycles. The van der Waals surface area contributed by atoms with Crippen molar-refractivity contribution in [1.82, 2.24) is 0 Å². The molecular formula is C14H13F15O4. The van der Waals surface area contributed by atoms with E-state index in [1.54, 1.807) is 0 Å². The summed E-state index contributed by atoms with van der Waals surface area (Å²) in [6.45, 7) is 0.980. The van der Waals surface area contributed by atoms with Crippen molar-refractivity contribution in [2.24, 2.45) is 5.41 Å². The molecule has 4 nitrogen and oxygen atoms in total. The molecule has 0 aromatic carbocycles. The van der Waals surface area contributed by atoms with Gasteiger partial charge in [-0.1, -0.05) is 6.92 Å². The molecule has 0 saturated carbocycles. The lowest BCUT2D eigenvalue weighted by Gasteiger charge is -2.36. The van der Waals surface area contributed by atoms with Crippen molar-refractivity contribution in [1.29, 1.82) is 0 Å². The van der Waals surface area contributed by atoms with Gasteiger partial charge in [-0.15, -0.1) is 0 Å². The molecule has 0 aliphatic carbocycles. The van der Waals surface area contributed by atoms with E-state index in [0.29, 0.717) is 0 Å². The third-order valence-corrected chi connectivity index (χ3v) is 3.80. The van der Waals surface area contributed by atoms with Gasteiger partial charge in [-0.3, -0.25) is 4.79 Å². The van der Waals surface area contributed by atoms with Crippen LogP contribution < -0.4 is 0 Å². The van der Waals surface area contributed by atoms with Crippen LogP contribution in [0.25, 0.3) is 0 Å². The van der Waals surface area contributed by atoms with Crippen molar-refractivity contribution in [3.8, 4) is 0 Å². The predicted molar refractivity (Wildman–Crippen MR) is 72.9 cm³/mol. The minimum absolute atomic E-state index is 0.0772. The van der Waals surface area contributed by atoms with Gasteiger partial charge in [0.05, 0.1) is 5.41 Å². The van der Waals surface area contributed by atoms with E-state index >= 15 is 0 Å². The first-order valence-electron chi connectivity index (χ1n) is 8.01. The van der Waals surface area contributed by atoms with Gasteiger partial charge in [-0.25, -0.2) is 9.47 Å². The van der Waals surface area contributed by atoms with E-state index in [2.05, 4.69) is 9.47 Å². The maximum absolute atomic E-state index is 13.3. The van der Waals surface area contributed by atoms with E-state index in [9.17, 15) is 70.7 Å². The molecule has 0 N–H and O–H groups in total. The molecule has 19 heteroatoms. The van der Waals surface area contributed by atoms with Gasteiger partial charge in [0, 0.05) is 0 Å². The first-order valence-corrected chi connectivity index (χ1v) is 8.01. The third kappa shape index (κ3) is 6.48. The highest BCUT2D eigenvalue weighted by Gasteiger charge is 2.85. The molecule has 0 aromatic heterocycles. The van der Waals surface area contributed by atoms with Gasteiger partial charge in [0.2, 0.25) is 0 Å². The summed E-state index contributed by atoms with van der Waals surface area (Å²) in [6, 6.07) is 0. The molecule has 0 radical (unpaired) electrons. The highest BCUT2D eigenvalue weighted by molar-refractivity contribution is 5.75. The molecular weight excluding hydrogens is 517 g/mol. The predicted octanol–water partition coefficient (Wildman–Crippen LogP) is 6.20. The van der Waals surface area contributed by atoms with E-state index in [-0.39, 0.29) is 6.42 Å². The first kappa shape index (κ1) is 31.3. The second kappa shape index (κ2) is 8.84. The zero-order valence-electron chi connectivity index (χ0n) is 16.2. The molecule has 0 aromatic rings. The van der Waals surface area contributed by atoms with E-state index < -0.39 is 60.4 Å². The average Bonchev–Trinajstić information content (AvgIpc) is 2.56. The monoisotopic (exact) mass is 530 g/mol. The quantitative estimate of drug-likeness (QED) is 0.236. The minimum Gasteiger partial charge on any atom is -0.456 e. The van der Waals surface area contributed by atoms with E-state index in [1.165, 1.54) is 11.7 Å². The molecule has 0 aliphatic heterocycles. The van der Waals surface area contributed by atoms with Crippen molar-refractivity contribution < 1.29 is 84.9 Å². The summed E-state index contributed by atoms with van der Waals surface area (Å²) in [5, 5.41) is 0. The van der Waals surface area contributed by atoms with Gasteiger partial charge in [-0.05, 0) is 20.3 Å². The van der Waals surface area contributed by atoms with Gasteiger partial charge in [-0.2, -0.15) is 65.9 Å². The van der Waals surface area contributed by atoms with Crippen LogP contribution in [0.1, 0.15) is 27.2 Å². The summed E-state index contributed by atoms with van der Waals surface area (Å²) < 4.78 is 200. The number of carbonyl (C=O) groups is 1. The number of hydrogen-bond acceptors (Lipinski definition) is 4. The van der Waals surface area contributed by atoms with Crippen LogP contribution >= 0.6 is 0 Å². The topological polar surface area (TPSA) is 44.8 Å². The van der Waals surface area contributed by atoms with Crippen LogP contribution in [-0.2, 0) is 19.0 Å². The van der Waals surface area contributed by atoms with Crippen LogP contribution in [0.3, 0.4) is 0 Å². The Balaban J connectivity index is 5.72. The minimum atomic E-state index is -7.93. The molecule has 0 rings (SSSR count). The Morgan fingerprint density at radius 1 is 0.636 bits per heavy atom. The van der Waals surface area contributed by atoms with Crippen LogP contribution in [0.5, 0.6) is 0 Å². The van der Waals surface area contributed by atoms with Crippen LogP contribution in [0.2, 0.25) is 0 Å². The number of rotatable bonds is 11. The number of ether oxygens (including phenoxy) is 3. The molecule has 0 aliphatic rings. The van der Waals surface area contributed by atoms with Gasteiger partial charge < -0.3 is 4.74 Å². The molecule has 0 bridgehead atoms. The third-order valence-electron chi connectivity index (χ3n) is 3.80. The number of hydrogen-bond donors (Lipinski definition) is 0. The summed E-state index contributed by atoms with van der Waals surface area (Å²) in [5.74, 6) is -17.2. The molecule has 33 heavy (non-hydrogen) atoms. The summed E-state index contributed by atoms with van der Waals surface area (Å²) in [7, 11) is 0. The number of alkyl halides is 15. The molecule has 0 heterocycles. The van der Waals surface area contributed by atoms with Crippen molar-refractivity contribution in [3.05, 3.63) is 0 Å². The van der Waals surface area contributed by atoms with Crippen LogP contribution in [0.4, 0.5) is 65.9 Å². The molecule has 0 spiro atoms. The maximum atomic E-state index is 13.3. The van der Waals surface area contributed by atoms with Crippen molar-refractivity contribution >= 4 is 5.97 Å². The zero-order valence-corrected chi connectivity index (χ0v) is 16.2. The summed E-state index contributed by atoms with van der Waals surface area (Å²) in [5.41, 5.74) is -1.51. The van der Waals surface area contributed by atoms with Crippen LogP contribution in [0.15, 0.2) is 0 Å². The Bertz CT molecular complexity index is 699. The second-order valence-corrected chi connectivity index (χ2v) is 6.85. The summed E-state index contributed by atoms with van der Waals surface area (Å²) >= 11 is 0. The lowest BCUT2D eigenvalue weighted by molar-refractivity contribution is -0.542. The van der Waals surface area contributed by atoms with Gasteiger partial charge >= 0.3 is 48.4 Å². The van der Waals surface area contributed by atoms with Crippen LogP contribution in [0, 0.1) is 5.41 Å². The Hall–Kier alpha value is -1.66. The summed E-state index contributed by atoms with van der Waals surface area (Å²) in [4.78, 5) is 11.5. The maximum Gasteiger partial charge on any atom is 0.460 e. The van der Waals surface area contributed by atoms with Gasteiger partial charge in [0.15, 0.2) is 6.61 Å². The standard InChI is InChI=1S/C14H13F15O4/c1-4-7(2,3)6(30)31-5-8(15,16)32-13(26,27)14(28,29)33-12(24,25)10(19,20)9(17,18)11(21,22)23/h4-5H2,1-3H3. The van der Waals surface area contributed by atoms with Crippen molar-refractivity contribution in [3.63, 3.8) is 0 Å². The fourth-order valence-corrected chi connectivity index (χ4v) is 1.41. The molecule has 0 atom stereocenters. The van der Waals surface area contributed by atoms with Gasteiger partial charge in [0.25, 0.3) is 0 Å². The molecule has 0 fully saturated rings. The zero-order chi connectivity index (χ0) is 27.1. The smallest absolute Gasteiger partial charge is 0.456 e. The Morgan fingerprint density at radius 3 is 1.39 bits per heavy atom. The average molecular weight is 530 g/mol. The van der Waals surface area contributed by atoms with Crippen molar-refractivity contribution in [2.45, 2.75) is 69.6 Å². The lowest BCUT2D eigenvalue weighted by atomic mass is 9.91. The first-order chi connectivity index (χ1) is 14.1. The Morgan fingerprint density at radius 2 is 1.03 bits per heavy atom. The molecule has 0 unspecified atom stereocenters. The SMILES string of the molecule is CCC(C)(C)C(=O)OCC(F)(F)OC(F)(F)C(F)(F)OC(F)(F)C(F)(F)C(F)(F)C(F)(F)F. The number of halogens is 15. The largest absolute Gasteiger partial charge is 0.460 e. The normalized spacial score (nSPS) is 15.6. The number of carbonyl (C=O) groups excluding carboxylic acids is 1. The Labute approximate surface area is 173 Å². The van der Waals surface area contributed by atoms with E-state index in [4.69, 9.17) is 0 Å². The van der Waals surface area contributed by atoms with Gasteiger partial charge in [0.1, 0.15) is 0 Å². The fraction of sp³-hybridized carbons (Fsp3) is 0.929. The van der Waals surface area contributed by atoms with Crippen molar-refractivity contribution in [2.75, 3.05) is 6.61 Å². The second-order valence-electron chi connectivity index (χ2n) is 6.85. The van der Waals surface area contributed by atoms with E-state index in [1.807, 2.05) is 0 Å². The molecule has 198 valence electrons. The lowest BCUT2D eigenvalue weighted by Crippen LogP contribution is -2.64. The highest BCUT2D eigenvalue weighted by atomic mass is 19.4. The van der Waals surface area contributed by atoms with E-state index in [0.717, 1.165) is 13.8 Å².